The molecular weight excluding hydrogens is 528 g/mol. The molecule has 0 aromatic carbocycles. The Hall–Kier alpha value is -2.65. The molecule has 4 aliphatic carbocycles. The number of carbonyl (C=O) groups is 5. The summed E-state index contributed by atoms with van der Waals surface area (Å²) in [5, 5.41) is 31.9. The molecule has 0 radical (unpaired) electrons. The number of aliphatic hydroxyl groups excluding tert-OH is 2. The molecule has 9 heteroatoms. The van der Waals surface area contributed by atoms with Crippen LogP contribution in [0.3, 0.4) is 0 Å². The van der Waals surface area contributed by atoms with Crippen LogP contribution in [0.2, 0.25) is 0 Å². The van der Waals surface area contributed by atoms with Crippen LogP contribution in [0, 0.1) is 39.4 Å². The van der Waals surface area contributed by atoms with Gasteiger partial charge in [0.15, 0.2) is 11.9 Å². The first-order valence-corrected chi connectivity index (χ1v) is 14.6. The van der Waals surface area contributed by atoms with Crippen molar-refractivity contribution in [3.8, 4) is 0 Å². The van der Waals surface area contributed by atoms with Crippen molar-refractivity contribution in [2.24, 2.45) is 39.4 Å². The van der Waals surface area contributed by atoms with E-state index in [0.717, 1.165) is 0 Å². The smallest absolute Gasteiger partial charge is 0.306 e. The van der Waals surface area contributed by atoms with Gasteiger partial charge < -0.3 is 20.1 Å². The van der Waals surface area contributed by atoms with E-state index in [1.807, 2.05) is 20.8 Å². The number of carboxylic acids is 1. The van der Waals surface area contributed by atoms with E-state index in [4.69, 9.17) is 4.74 Å². The number of esters is 1. The maximum atomic E-state index is 14.6. The van der Waals surface area contributed by atoms with Gasteiger partial charge in [0.1, 0.15) is 5.78 Å². The van der Waals surface area contributed by atoms with Gasteiger partial charge in [-0.3, -0.25) is 24.0 Å². The molecule has 0 aliphatic heterocycles. The Bertz CT molecular complexity index is 1270. The van der Waals surface area contributed by atoms with E-state index in [-0.39, 0.29) is 31.0 Å². The quantitative estimate of drug-likeness (QED) is 0.320. The molecule has 0 aromatic rings. The number of rotatable bonds is 6. The summed E-state index contributed by atoms with van der Waals surface area (Å²) in [5.74, 6) is -4.66. The summed E-state index contributed by atoms with van der Waals surface area (Å²) < 4.78 is 5.80. The molecule has 9 nitrogen and oxygen atoms in total. The lowest BCUT2D eigenvalue weighted by Gasteiger charge is -2.62. The molecule has 4 aliphatic rings. The normalized spacial score (nSPS) is 40.8. The molecule has 0 aromatic heterocycles. The van der Waals surface area contributed by atoms with E-state index < -0.39 is 75.3 Å². The van der Waals surface area contributed by atoms with Crippen molar-refractivity contribution in [3.05, 3.63) is 22.8 Å². The highest BCUT2D eigenvalue weighted by Crippen LogP contribution is 2.71. The summed E-state index contributed by atoms with van der Waals surface area (Å²) in [5.41, 5.74) is -2.83. The zero-order valence-corrected chi connectivity index (χ0v) is 25.4. The Kier molecular flexibility index (Phi) is 7.61. The molecular formula is C32H44O9. The second kappa shape index (κ2) is 9.97. The Labute approximate surface area is 241 Å². The SMILES string of the molecule is CC(=O)O[C@@H]1C(=O)C2=C([C@@H](O)C[C@H]3C(C)(C)[C@@H](O)CC[C@]23C)[C@]2(C)C(=O)C[C@H](/C(C)=C\C(=O)CC(C)C(=O)O)[C@@]12C. The van der Waals surface area contributed by atoms with E-state index in [2.05, 4.69) is 0 Å². The summed E-state index contributed by atoms with van der Waals surface area (Å²) in [6, 6.07) is 0. The van der Waals surface area contributed by atoms with Crippen molar-refractivity contribution in [2.75, 3.05) is 0 Å². The minimum Gasteiger partial charge on any atom is -0.481 e. The fraction of sp³-hybridized carbons (Fsp3) is 0.719. The van der Waals surface area contributed by atoms with Crippen molar-refractivity contribution in [2.45, 2.75) is 106 Å². The number of ketones is 3. The Morgan fingerprint density at radius 2 is 1.68 bits per heavy atom. The highest BCUT2D eigenvalue weighted by atomic mass is 16.5. The van der Waals surface area contributed by atoms with Gasteiger partial charge in [-0.15, -0.1) is 0 Å². The maximum absolute atomic E-state index is 14.6. The van der Waals surface area contributed by atoms with Gasteiger partial charge in [-0.05, 0) is 67.4 Å². The van der Waals surface area contributed by atoms with Crippen LogP contribution in [0.1, 0.15) is 87.5 Å². The van der Waals surface area contributed by atoms with Crippen molar-refractivity contribution in [1.82, 2.24) is 0 Å². The lowest BCUT2D eigenvalue weighted by atomic mass is 9.42. The van der Waals surface area contributed by atoms with Crippen molar-refractivity contribution in [3.63, 3.8) is 0 Å². The minimum atomic E-state index is -1.37. The number of ether oxygens (including phenoxy) is 1. The molecule has 3 N–H and O–H groups in total. The van der Waals surface area contributed by atoms with Gasteiger partial charge in [0.25, 0.3) is 0 Å². The summed E-state index contributed by atoms with van der Waals surface area (Å²) >= 11 is 0. The summed E-state index contributed by atoms with van der Waals surface area (Å²) in [4.78, 5) is 65.3. The third kappa shape index (κ3) is 4.29. The molecule has 4 rings (SSSR count). The van der Waals surface area contributed by atoms with E-state index in [9.17, 15) is 39.3 Å². The monoisotopic (exact) mass is 572 g/mol. The predicted octanol–water partition coefficient (Wildman–Crippen LogP) is 3.59. The molecule has 0 heterocycles. The molecule has 2 saturated carbocycles. The zero-order chi connectivity index (χ0) is 31.0. The number of carboxylic acid groups (broad SMARTS) is 1. The molecule has 0 bridgehead atoms. The van der Waals surface area contributed by atoms with Crippen molar-refractivity contribution in [1.29, 1.82) is 0 Å². The molecule has 2 fully saturated rings. The first-order valence-electron chi connectivity index (χ1n) is 14.6. The van der Waals surface area contributed by atoms with Crippen LogP contribution in [0.5, 0.6) is 0 Å². The number of hydrogen-bond donors (Lipinski definition) is 3. The van der Waals surface area contributed by atoms with Gasteiger partial charge in [-0.1, -0.05) is 40.2 Å². The Morgan fingerprint density at radius 3 is 2.24 bits per heavy atom. The van der Waals surface area contributed by atoms with E-state index >= 15 is 0 Å². The van der Waals surface area contributed by atoms with Crippen LogP contribution in [-0.2, 0) is 28.7 Å². The van der Waals surface area contributed by atoms with Gasteiger partial charge in [-0.2, -0.15) is 0 Å². The Balaban J connectivity index is 1.93. The van der Waals surface area contributed by atoms with E-state index in [1.54, 1.807) is 20.8 Å². The number of hydrogen-bond acceptors (Lipinski definition) is 8. The van der Waals surface area contributed by atoms with Crippen LogP contribution in [0.25, 0.3) is 0 Å². The molecule has 0 amide bonds. The lowest BCUT2D eigenvalue weighted by molar-refractivity contribution is -0.175. The summed E-state index contributed by atoms with van der Waals surface area (Å²) in [6.45, 7) is 13.6. The predicted molar refractivity (Wildman–Crippen MR) is 148 cm³/mol. The highest BCUT2D eigenvalue weighted by Gasteiger charge is 2.74. The highest BCUT2D eigenvalue weighted by molar-refractivity contribution is 6.08. The maximum Gasteiger partial charge on any atom is 0.306 e. The topological polar surface area (TPSA) is 155 Å². The van der Waals surface area contributed by atoms with Crippen molar-refractivity contribution < 1.29 is 44.0 Å². The molecule has 0 spiro atoms. The summed E-state index contributed by atoms with van der Waals surface area (Å²) in [6.07, 6.45) is -0.793. The van der Waals surface area contributed by atoms with Crippen molar-refractivity contribution >= 4 is 29.3 Å². The van der Waals surface area contributed by atoms with Crippen LogP contribution in [-0.4, -0.2) is 62.9 Å². The van der Waals surface area contributed by atoms with Gasteiger partial charge in [0.05, 0.1) is 23.5 Å². The molecule has 41 heavy (non-hydrogen) atoms. The summed E-state index contributed by atoms with van der Waals surface area (Å²) in [7, 11) is 0. The number of carbonyl (C=O) groups excluding carboxylic acids is 4. The minimum absolute atomic E-state index is 0.0318. The second-order valence-corrected chi connectivity index (χ2v) is 14.1. The van der Waals surface area contributed by atoms with Crippen LogP contribution >= 0.6 is 0 Å². The number of Topliss-reactive ketones (excluding diaryl/α,β-unsaturated/α-hetero) is 2. The van der Waals surface area contributed by atoms with Crippen LogP contribution in [0.15, 0.2) is 22.8 Å². The van der Waals surface area contributed by atoms with Crippen LogP contribution in [0.4, 0.5) is 0 Å². The average Bonchev–Trinajstić information content (AvgIpc) is 3.07. The average molecular weight is 573 g/mol. The first-order chi connectivity index (χ1) is 18.8. The fourth-order valence-electron chi connectivity index (χ4n) is 9.03. The van der Waals surface area contributed by atoms with E-state index in [0.29, 0.717) is 29.6 Å². The molecule has 226 valence electrons. The third-order valence-electron chi connectivity index (χ3n) is 11.6. The standard InChI is InChI=1S/C32H44O9/c1-15(11-18(34)12-16(2)28(39)40)19-13-23(37)32(8)24-20(35)14-21-29(4,5)22(36)9-10-30(21,6)25(24)26(38)27(31(19,32)7)41-17(3)33/h11,16,19-22,27,35-36H,9-10,12-14H2,1-8H3,(H,39,40)/b15-11-/t16?,19-,20+,21+,22+,27-,30+,31+,32+/m1/s1. The Morgan fingerprint density at radius 1 is 1.07 bits per heavy atom. The van der Waals surface area contributed by atoms with Gasteiger partial charge in [-0.25, -0.2) is 0 Å². The molecule has 1 unspecified atom stereocenters. The van der Waals surface area contributed by atoms with Gasteiger partial charge in [0, 0.05) is 30.8 Å². The van der Waals surface area contributed by atoms with E-state index in [1.165, 1.54) is 19.9 Å². The molecule has 9 atom stereocenters. The number of allylic oxidation sites excluding steroid dienone is 2. The number of aliphatic hydroxyl groups is 2. The lowest BCUT2D eigenvalue weighted by Crippen LogP contribution is -2.65. The largest absolute Gasteiger partial charge is 0.481 e. The molecule has 0 saturated heterocycles. The van der Waals surface area contributed by atoms with Crippen LogP contribution < -0.4 is 0 Å². The number of fused-ring (bicyclic) bond motifs is 4. The fourth-order valence-corrected chi connectivity index (χ4v) is 9.03. The third-order valence-corrected chi connectivity index (χ3v) is 11.6. The first kappa shape index (κ1) is 31.3. The van der Waals surface area contributed by atoms with Gasteiger partial charge in [0.2, 0.25) is 5.78 Å². The second-order valence-electron chi connectivity index (χ2n) is 14.1. The number of aliphatic carboxylic acids is 1. The van der Waals surface area contributed by atoms with Gasteiger partial charge >= 0.3 is 11.9 Å². The zero-order valence-electron chi connectivity index (χ0n) is 25.4.